The normalized spacial score (nSPS) is 14.9. The quantitative estimate of drug-likeness (QED) is 0.640. The first kappa shape index (κ1) is 13.4. The summed E-state index contributed by atoms with van der Waals surface area (Å²) >= 11 is 0. The number of nitrogens with one attached hydrogen (secondary N) is 1. The number of carbonyl (C=O) groups excluding carboxylic acids is 1. The molecule has 14 heavy (non-hydrogen) atoms. The topological polar surface area (TPSA) is 38.3 Å². The van der Waals surface area contributed by atoms with E-state index in [1.165, 1.54) is 6.42 Å². The van der Waals surface area contributed by atoms with Gasteiger partial charge in [0.1, 0.15) is 0 Å². The minimum Gasteiger partial charge on any atom is -0.465 e. The second kappa shape index (κ2) is 7.80. The zero-order valence-electron chi connectivity index (χ0n) is 9.80. The zero-order chi connectivity index (χ0) is 11.0. The molecular weight excluding hydrogens is 178 g/mol. The summed E-state index contributed by atoms with van der Waals surface area (Å²) in [5, 5.41) is 3.16. The van der Waals surface area contributed by atoms with E-state index in [4.69, 9.17) is 4.74 Å². The molecule has 0 amide bonds. The van der Waals surface area contributed by atoms with Gasteiger partial charge in [0.15, 0.2) is 0 Å². The standard InChI is InChI=1S/C11H23NO2/c1-5-9(3)7-10(4)12-8-11(13)14-6-2/h9-10,12H,5-8H2,1-4H3. The highest BCUT2D eigenvalue weighted by Gasteiger charge is 2.08. The minimum absolute atomic E-state index is 0.163. The van der Waals surface area contributed by atoms with Gasteiger partial charge in [0, 0.05) is 6.04 Å². The van der Waals surface area contributed by atoms with Gasteiger partial charge in [-0.1, -0.05) is 20.3 Å². The molecule has 0 aliphatic heterocycles. The summed E-state index contributed by atoms with van der Waals surface area (Å²) in [5.41, 5.74) is 0. The molecule has 0 aromatic carbocycles. The first-order valence-corrected chi connectivity index (χ1v) is 5.49. The molecule has 1 N–H and O–H groups in total. The highest BCUT2D eigenvalue weighted by Crippen LogP contribution is 2.08. The van der Waals surface area contributed by atoms with E-state index in [1.807, 2.05) is 6.92 Å². The monoisotopic (exact) mass is 201 g/mol. The van der Waals surface area contributed by atoms with Crippen molar-refractivity contribution in [2.45, 2.75) is 46.6 Å². The SMILES string of the molecule is CCOC(=O)CNC(C)CC(C)CC. The third-order valence-electron chi connectivity index (χ3n) is 2.35. The minimum atomic E-state index is -0.163. The lowest BCUT2D eigenvalue weighted by molar-refractivity contribution is -0.142. The Morgan fingerprint density at radius 1 is 1.36 bits per heavy atom. The van der Waals surface area contributed by atoms with E-state index in [0.717, 1.165) is 6.42 Å². The largest absolute Gasteiger partial charge is 0.465 e. The van der Waals surface area contributed by atoms with E-state index >= 15 is 0 Å². The molecule has 0 aliphatic carbocycles. The summed E-state index contributed by atoms with van der Waals surface area (Å²) in [6, 6.07) is 0.384. The van der Waals surface area contributed by atoms with Crippen LogP contribution in [0.1, 0.15) is 40.5 Å². The van der Waals surface area contributed by atoms with Crippen molar-refractivity contribution >= 4 is 5.97 Å². The molecule has 0 rings (SSSR count). The Labute approximate surface area is 87.2 Å². The number of esters is 1. The van der Waals surface area contributed by atoms with Gasteiger partial charge in [-0.2, -0.15) is 0 Å². The van der Waals surface area contributed by atoms with E-state index < -0.39 is 0 Å². The molecule has 0 heterocycles. The van der Waals surface area contributed by atoms with Crippen LogP contribution in [0.25, 0.3) is 0 Å². The van der Waals surface area contributed by atoms with Crippen molar-refractivity contribution in [2.75, 3.05) is 13.2 Å². The molecule has 0 aliphatic rings. The van der Waals surface area contributed by atoms with Crippen molar-refractivity contribution in [3.8, 4) is 0 Å². The molecule has 0 saturated heterocycles. The lowest BCUT2D eigenvalue weighted by atomic mass is 10.0. The predicted molar refractivity (Wildman–Crippen MR) is 58.2 cm³/mol. The van der Waals surface area contributed by atoms with Crippen molar-refractivity contribution in [3.63, 3.8) is 0 Å². The molecule has 84 valence electrons. The van der Waals surface area contributed by atoms with Crippen LogP contribution in [-0.4, -0.2) is 25.2 Å². The Hall–Kier alpha value is -0.570. The van der Waals surface area contributed by atoms with Crippen LogP contribution in [0.5, 0.6) is 0 Å². The molecular formula is C11H23NO2. The Bertz CT molecular complexity index is 159. The smallest absolute Gasteiger partial charge is 0.319 e. The lowest BCUT2D eigenvalue weighted by Gasteiger charge is -2.16. The summed E-state index contributed by atoms with van der Waals surface area (Å²) in [7, 11) is 0. The van der Waals surface area contributed by atoms with Gasteiger partial charge < -0.3 is 10.1 Å². The van der Waals surface area contributed by atoms with E-state index in [9.17, 15) is 4.79 Å². The van der Waals surface area contributed by atoms with Gasteiger partial charge in [0.25, 0.3) is 0 Å². The number of carbonyl (C=O) groups is 1. The fraction of sp³-hybridized carbons (Fsp3) is 0.909. The molecule has 0 saturated carbocycles. The second-order valence-electron chi connectivity index (χ2n) is 3.84. The van der Waals surface area contributed by atoms with Crippen molar-refractivity contribution < 1.29 is 9.53 Å². The maximum Gasteiger partial charge on any atom is 0.319 e. The lowest BCUT2D eigenvalue weighted by Crippen LogP contribution is -2.33. The molecule has 2 atom stereocenters. The highest BCUT2D eigenvalue weighted by atomic mass is 16.5. The van der Waals surface area contributed by atoms with Gasteiger partial charge in [0.2, 0.25) is 0 Å². The average molecular weight is 201 g/mol. The summed E-state index contributed by atoms with van der Waals surface area (Å²) < 4.78 is 4.82. The van der Waals surface area contributed by atoms with Crippen LogP contribution in [0, 0.1) is 5.92 Å². The molecule has 0 aromatic rings. The maximum absolute atomic E-state index is 11.0. The maximum atomic E-state index is 11.0. The van der Waals surface area contributed by atoms with Crippen molar-refractivity contribution in [1.29, 1.82) is 0 Å². The second-order valence-corrected chi connectivity index (χ2v) is 3.84. The number of rotatable bonds is 7. The Morgan fingerprint density at radius 2 is 2.00 bits per heavy atom. The van der Waals surface area contributed by atoms with E-state index in [-0.39, 0.29) is 5.97 Å². The number of hydrogen-bond acceptors (Lipinski definition) is 3. The van der Waals surface area contributed by atoms with Gasteiger partial charge >= 0.3 is 5.97 Å². The van der Waals surface area contributed by atoms with Crippen LogP contribution >= 0.6 is 0 Å². The first-order valence-electron chi connectivity index (χ1n) is 5.49. The summed E-state index contributed by atoms with van der Waals surface area (Å²) in [6.07, 6.45) is 2.29. The molecule has 0 fully saturated rings. The Morgan fingerprint density at radius 3 is 2.50 bits per heavy atom. The fourth-order valence-electron chi connectivity index (χ4n) is 1.32. The van der Waals surface area contributed by atoms with Crippen LogP contribution < -0.4 is 5.32 Å². The van der Waals surface area contributed by atoms with Crippen molar-refractivity contribution in [3.05, 3.63) is 0 Å². The summed E-state index contributed by atoms with van der Waals surface area (Å²) in [6.45, 7) is 9.11. The fourth-order valence-corrected chi connectivity index (χ4v) is 1.32. The third-order valence-corrected chi connectivity index (χ3v) is 2.35. The molecule has 0 bridgehead atoms. The zero-order valence-corrected chi connectivity index (χ0v) is 9.80. The molecule has 0 radical (unpaired) electrons. The molecule has 2 unspecified atom stereocenters. The van der Waals surface area contributed by atoms with Gasteiger partial charge in [-0.25, -0.2) is 0 Å². The first-order chi connectivity index (χ1) is 6.60. The summed E-state index contributed by atoms with van der Waals surface area (Å²) in [5.74, 6) is 0.545. The molecule has 0 aromatic heterocycles. The van der Waals surface area contributed by atoms with E-state index in [2.05, 4.69) is 26.1 Å². The van der Waals surface area contributed by atoms with Gasteiger partial charge in [-0.3, -0.25) is 4.79 Å². The van der Waals surface area contributed by atoms with Gasteiger partial charge in [-0.05, 0) is 26.2 Å². The molecule has 3 nitrogen and oxygen atoms in total. The Balaban J connectivity index is 3.52. The van der Waals surface area contributed by atoms with Crippen molar-refractivity contribution in [2.24, 2.45) is 5.92 Å². The number of ether oxygens (including phenoxy) is 1. The third kappa shape index (κ3) is 6.89. The van der Waals surface area contributed by atoms with E-state index in [1.54, 1.807) is 0 Å². The van der Waals surface area contributed by atoms with Gasteiger partial charge in [0.05, 0.1) is 13.2 Å². The highest BCUT2D eigenvalue weighted by molar-refractivity contribution is 5.71. The van der Waals surface area contributed by atoms with Crippen molar-refractivity contribution in [1.82, 2.24) is 5.32 Å². The van der Waals surface area contributed by atoms with E-state index in [0.29, 0.717) is 25.1 Å². The van der Waals surface area contributed by atoms with Crippen LogP contribution in [0.4, 0.5) is 0 Å². The molecule has 0 spiro atoms. The predicted octanol–water partition coefficient (Wildman–Crippen LogP) is 1.96. The van der Waals surface area contributed by atoms with Crippen LogP contribution in [0.2, 0.25) is 0 Å². The summed E-state index contributed by atoms with van der Waals surface area (Å²) in [4.78, 5) is 11.0. The molecule has 3 heteroatoms. The Kier molecular flexibility index (Phi) is 7.48. The van der Waals surface area contributed by atoms with Gasteiger partial charge in [-0.15, -0.1) is 0 Å². The van der Waals surface area contributed by atoms with Crippen LogP contribution in [0.3, 0.4) is 0 Å². The van der Waals surface area contributed by atoms with Crippen LogP contribution in [-0.2, 0) is 9.53 Å². The average Bonchev–Trinajstić information content (AvgIpc) is 2.15. The van der Waals surface area contributed by atoms with Crippen LogP contribution in [0.15, 0.2) is 0 Å². The number of hydrogen-bond donors (Lipinski definition) is 1.